The number of hydrogen-bond acceptors (Lipinski definition) is 5. The van der Waals surface area contributed by atoms with Gasteiger partial charge in [0, 0.05) is 17.1 Å². The van der Waals surface area contributed by atoms with Gasteiger partial charge in [0.2, 0.25) is 10.0 Å². The molecule has 21 heavy (non-hydrogen) atoms. The molecule has 1 aromatic rings. The van der Waals surface area contributed by atoms with Crippen molar-refractivity contribution in [2.75, 3.05) is 20.8 Å². The summed E-state index contributed by atoms with van der Waals surface area (Å²) >= 11 is 3.03. The van der Waals surface area contributed by atoms with Crippen molar-refractivity contribution in [3.8, 4) is 11.5 Å². The number of aromatic carboxylic acids is 1. The molecule has 0 saturated heterocycles. The van der Waals surface area contributed by atoms with Gasteiger partial charge in [0.15, 0.2) is 11.5 Å². The number of carbonyl (C=O) groups is 1. The maximum Gasteiger partial charge on any atom is 0.339 e. The van der Waals surface area contributed by atoms with Crippen molar-refractivity contribution in [3.63, 3.8) is 0 Å². The van der Waals surface area contributed by atoms with Crippen molar-refractivity contribution in [1.82, 2.24) is 4.72 Å². The lowest BCUT2D eigenvalue weighted by molar-refractivity contribution is 0.0692. The Morgan fingerprint density at radius 3 is 2.43 bits per heavy atom. The van der Waals surface area contributed by atoms with Crippen molar-refractivity contribution in [2.45, 2.75) is 4.90 Å². The highest BCUT2D eigenvalue weighted by molar-refractivity contribution is 9.11. The Kier molecular flexibility index (Phi) is 5.76. The summed E-state index contributed by atoms with van der Waals surface area (Å²) < 4.78 is 36.9. The van der Waals surface area contributed by atoms with Crippen LogP contribution in [-0.4, -0.2) is 40.3 Å². The van der Waals surface area contributed by atoms with E-state index in [0.717, 1.165) is 6.07 Å². The van der Waals surface area contributed by atoms with Gasteiger partial charge in [0.1, 0.15) is 5.56 Å². The van der Waals surface area contributed by atoms with Crippen LogP contribution in [0, 0.1) is 0 Å². The summed E-state index contributed by atoms with van der Waals surface area (Å²) in [5, 5.41) is 9.15. The van der Waals surface area contributed by atoms with E-state index in [-0.39, 0.29) is 28.5 Å². The third kappa shape index (κ3) is 4.19. The number of ether oxygens (including phenoxy) is 2. The summed E-state index contributed by atoms with van der Waals surface area (Å²) in [5.74, 6) is -1.36. The quantitative estimate of drug-likeness (QED) is 0.745. The predicted molar refractivity (Wildman–Crippen MR) is 79.8 cm³/mol. The largest absolute Gasteiger partial charge is 0.493 e. The highest BCUT2D eigenvalue weighted by Crippen LogP contribution is 2.34. The van der Waals surface area contributed by atoms with E-state index >= 15 is 0 Å². The molecule has 2 N–H and O–H groups in total. The minimum atomic E-state index is -3.91. The second-order valence-electron chi connectivity index (χ2n) is 3.85. The Bertz CT molecular complexity index is 671. The second kappa shape index (κ2) is 6.92. The van der Waals surface area contributed by atoms with Crippen molar-refractivity contribution >= 4 is 31.9 Å². The maximum absolute atomic E-state index is 12.1. The van der Waals surface area contributed by atoms with Crippen LogP contribution >= 0.6 is 15.9 Å². The molecule has 0 unspecified atom stereocenters. The zero-order valence-electron chi connectivity index (χ0n) is 11.3. The number of halogens is 1. The number of methoxy groups -OCH3 is 2. The van der Waals surface area contributed by atoms with Gasteiger partial charge in [-0.05, 0) is 6.07 Å². The first-order valence-electron chi connectivity index (χ1n) is 5.55. The Labute approximate surface area is 130 Å². The average molecular weight is 380 g/mol. The van der Waals surface area contributed by atoms with Gasteiger partial charge in [-0.15, -0.1) is 0 Å². The van der Waals surface area contributed by atoms with E-state index < -0.39 is 16.0 Å². The summed E-state index contributed by atoms with van der Waals surface area (Å²) in [5.41, 5.74) is -0.310. The van der Waals surface area contributed by atoms with Crippen LogP contribution < -0.4 is 14.2 Å². The van der Waals surface area contributed by atoms with Crippen molar-refractivity contribution in [1.29, 1.82) is 0 Å². The van der Waals surface area contributed by atoms with Gasteiger partial charge in [0.05, 0.1) is 19.1 Å². The molecular weight excluding hydrogens is 366 g/mol. The lowest BCUT2D eigenvalue weighted by Gasteiger charge is -2.13. The first kappa shape index (κ1) is 17.5. The highest BCUT2D eigenvalue weighted by Gasteiger charge is 2.23. The normalized spacial score (nSPS) is 11.0. The van der Waals surface area contributed by atoms with E-state index in [2.05, 4.69) is 27.2 Å². The Balaban J connectivity index is 3.41. The Morgan fingerprint density at radius 2 is 2.00 bits per heavy atom. The van der Waals surface area contributed by atoms with E-state index in [4.69, 9.17) is 14.6 Å². The topological polar surface area (TPSA) is 102 Å². The number of sulfonamides is 1. The molecular formula is C12H14BrNO6S. The van der Waals surface area contributed by atoms with Gasteiger partial charge < -0.3 is 14.6 Å². The molecule has 0 amide bonds. The molecule has 7 nitrogen and oxygen atoms in total. The lowest BCUT2D eigenvalue weighted by atomic mass is 10.2. The summed E-state index contributed by atoms with van der Waals surface area (Å²) in [6, 6.07) is 2.19. The van der Waals surface area contributed by atoms with Crippen LogP contribution in [0.25, 0.3) is 0 Å². The number of rotatable bonds is 7. The van der Waals surface area contributed by atoms with Crippen LogP contribution in [0.4, 0.5) is 0 Å². The molecule has 0 aromatic heterocycles. The smallest absolute Gasteiger partial charge is 0.339 e. The first-order valence-corrected chi connectivity index (χ1v) is 7.82. The van der Waals surface area contributed by atoms with E-state index in [1.165, 1.54) is 20.3 Å². The minimum absolute atomic E-state index is 0.00967. The van der Waals surface area contributed by atoms with Crippen molar-refractivity contribution in [3.05, 3.63) is 28.8 Å². The van der Waals surface area contributed by atoms with E-state index in [1.807, 2.05) is 0 Å². The molecule has 0 aliphatic rings. The first-order chi connectivity index (χ1) is 9.72. The molecule has 9 heteroatoms. The number of benzene rings is 1. The zero-order valence-corrected chi connectivity index (χ0v) is 13.7. The van der Waals surface area contributed by atoms with Crippen LogP contribution in [0.2, 0.25) is 0 Å². The van der Waals surface area contributed by atoms with Gasteiger partial charge >= 0.3 is 5.97 Å². The van der Waals surface area contributed by atoms with Gasteiger partial charge in [-0.25, -0.2) is 17.9 Å². The highest BCUT2D eigenvalue weighted by atomic mass is 79.9. The van der Waals surface area contributed by atoms with Crippen LogP contribution in [0.15, 0.2) is 28.1 Å². The monoisotopic (exact) mass is 379 g/mol. The fourth-order valence-corrected chi connectivity index (χ4v) is 2.90. The molecule has 1 aromatic carbocycles. The van der Waals surface area contributed by atoms with Crippen LogP contribution in [0.5, 0.6) is 11.5 Å². The molecule has 1 rings (SSSR count). The molecule has 0 fully saturated rings. The molecule has 0 aliphatic carbocycles. The number of hydrogen-bond donors (Lipinski definition) is 2. The van der Waals surface area contributed by atoms with Gasteiger partial charge in [0.25, 0.3) is 0 Å². The van der Waals surface area contributed by atoms with Gasteiger partial charge in [-0.2, -0.15) is 0 Å². The molecule has 116 valence electrons. The fourth-order valence-electron chi connectivity index (χ4n) is 1.51. The minimum Gasteiger partial charge on any atom is -0.493 e. The fraction of sp³-hybridized carbons (Fsp3) is 0.250. The molecule has 0 saturated carbocycles. The number of carboxylic acids is 1. The third-order valence-electron chi connectivity index (χ3n) is 2.45. The second-order valence-corrected chi connectivity index (χ2v) is 6.74. The SMILES string of the molecule is C=C(Br)CNS(=O)(=O)c1cc(OC)c(OC)c(C(=O)O)c1. The Hall–Kier alpha value is -1.58. The summed E-state index contributed by atoms with van der Waals surface area (Å²) in [4.78, 5) is 11.0. The summed E-state index contributed by atoms with van der Waals surface area (Å²) in [6.45, 7) is 3.48. The van der Waals surface area contributed by atoms with Crippen LogP contribution in [0.3, 0.4) is 0 Å². The molecule has 0 radical (unpaired) electrons. The van der Waals surface area contributed by atoms with Crippen molar-refractivity contribution < 1.29 is 27.8 Å². The van der Waals surface area contributed by atoms with E-state index in [9.17, 15) is 13.2 Å². The molecule has 0 atom stereocenters. The van der Waals surface area contributed by atoms with E-state index in [1.54, 1.807) is 0 Å². The predicted octanol–water partition coefficient (Wildman–Crippen LogP) is 1.59. The molecule has 0 spiro atoms. The molecule has 0 bridgehead atoms. The van der Waals surface area contributed by atoms with Crippen molar-refractivity contribution in [2.24, 2.45) is 0 Å². The zero-order chi connectivity index (χ0) is 16.2. The summed E-state index contributed by atoms with van der Waals surface area (Å²) in [6.07, 6.45) is 0. The number of carboxylic acid groups (broad SMARTS) is 1. The molecule has 0 aliphatic heterocycles. The average Bonchev–Trinajstić information content (AvgIpc) is 2.43. The van der Waals surface area contributed by atoms with E-state index in [0.29, 0.717) is 4.48 Å². The lowest BCUT2D eigenvalue weighted by Crippen LogP contribution is -2.25. The number of nitrogens with one attached hydrogen (secondary N) is 1. The van der Waals surface area contributed by atoms with Gasteiger partial charge in [-0.1, -0.05) is 22.5 Å². The van der Waals surface area contributed by atoms with Crippen LogP contribution in [0.1, 0.15) is 10.4 Å². The van der Waals surface area contributed by atoms with Crippen LogP contribution in [-0.2, 0) is 10.0 Å². The standard InChI is InChI=1S/C12H14BrNO6S/c1-7(13)6-14-21(17,18)8-4-9(12(15)16)11(20-3)10(5-8)19-2/h4-5,14H,1,6H2,2-3H3,(H,15,16). The van der Waals surface area contributed by atoms with Gasteiger partial charge in [-0.3, -0.25) is 0 Å². The maximum atomic E-state index is 12.1. The third-order valence-corrected chi connectivity index (χ3v) is 4.11. The Morgan fingerprint density at radius 1 is 1.38 bits per heavy atom. The molecule has 0 heterocycles. The summed E-state index contributed by atoms with van der Waals surface area (Å²) in [7, 11) is -1.35.